The van der Waals surface area contributed by atoms with Crippen molar-refractivity contribution in [3.8, 4) is 5.75 Å². The summed E-state index contributed by atoms with van der Waals surface area (Å²) >= 11 is 0. The van der Waals surface area contributed by atoms with E-state index in [1.54, 1.807) is 7.11 Å². The van der Waals surface area contributed by atoms with Crippen LogP contribution in [0.15, 0.2) is 18.2 Å². The van der Waals surface area contributed by atoms with Gasteiger partial charge in [0, 0.05) is 11.6 Å². The highest BCUT2D eigenvalue weighted by Crippen LogP contribution is 2.29. The van der Waals surface area contributed by atoms with Crippen molar-refractivity contribution in [2.45, 2.75) is 46.1 Å². The monoisotopic (exact) mass is 235 g/mol. The lowest BCUT2D eigenvalue weighted by atomic mass is 9.99. The highest BCUT2D eigenvalue weighted by molar-refractivity contribution is 5.39. The van der Waals surface area contributed by atoms with E-state index in [1.807, 2.05) is 0 Å². The lowest BCUT2D eigenvalue weighted by Crippen LogP contribution is -2.22. The van der Waals surface area contributed by atoms with Gasteiger partial charge in [0.25, 0.3) is 0 Å². The van der Waals surface area contributed by atoms with Gasteiger partial charge in [-0.15, -0.1) is 0 Å². The van der Waals surface area contributed by atoms with E-state index in [2.05, 4.69) is 44.3 Å². The third kappa shape index (κ3) is 4.04. The van der Waals surface area contributed by atoms with Crippen LogP contribution in [0.3, 0.4) is 0 Å². The zero-order valence-corrected chi connectivity index (χ0v) is 11.5. The maximum absolute atomic E-state index is 5.47. The van der Waals surface area contributed by atoms with Crippen molar-refractivity contribution in [2.24, 2.45) is 0 Å². The second kappa shape index (κ2) is 7.33. The van der Waals surface area contributed by atoms with Gasteiger partial charge in [0.05, 0.1) is 7.11 Å². The van der Waals surface area contributed by atoms with Crippen molar-refractivity contribution in [1.82, 2.24) is 5.32 Å². The lowest BCUT2D eigenvalue weighted by molar-refractivity contribution is 0.394. The minimum atomic E-state index is 0.412. The molecule has 0 aromatic heterocycles. The topological polar surface area (TPSA) is 21.3 Å². The standard InChI is InChI=1S/C15H25NO/c1-5-7-14(16-10-6-2)13-11-12(3)8-9-15(13)17-4/h8-9,11,14,16H,5-7,10H2,1-4H3. The van der Waals surface area contributed by atoms with E-state index in [9.17, 15) is 0 Å². The number of ether oxygens (including phenoxy) is 1. The van der Waals surface area contributed by atoms with Crippen LogP contribution in [-0.4, -0.2) is 13.7 Å². The molecule has 2 nitrogen and oxygen atoms in total. The van der Waals surface area contributed by atoms with Gasteiger partial charge in [-0.05, 0) is 32.4 Å². The summed E-state index contributed by atoms with van der Waals surface area (Å²) in [5.74, 6) is 0.998. The van der Waals surface area contributed by atoms with Crippen LogP contribution in [0.4, 0.5) is 0 Å². The largest absolute Gasteiger partial charge is 0.496 e. The maximum Gasteiger partial charge on any atom is 0.123 e. The summed E-state index contributed by atoms with van der Waals surface area (Å²) in [5.41, 5.74) is 2.59. The smallest absolute Gasteiger partial charge is 0.123 e. The molecule has 1 rings (SSSR count). The number of methoxy groups -OCH3 is 1. The Morgan fingerprint density at radius 1 is 1.24 bits per heavy atom. The van der Waals surface area contributed by atoms with Crippen molar-refractivity contribution >= 4 is 0 Å². The SMILES string of the molecule is CCCNC(CCC)c1cc(C)ccc1OC. The van der Waals surface area contributed by atoms with E-state index in [-0.39, 0.29) is 0 Å². The molecule has 1 unspecified atom stereocenters. The summed E-state index contributed by atoms with van der Waals surface area (Å²) in [6.07, 6.45) is 3.49. The van der Waals surface area contributed by atoms with E-state index in [0.717, 1.165) is 25.1 Å². The lowest BCUT2D eigenvalue weighted by Gasteiger charge is -2.21. The number of hydrogen-bond donors (Lipinski definition) is 1. The molecule has 17 heavy (non-hydrogen) atoms. The van der Waals surface area contributed by atoms with Crippen LogP contribution in [0.2, 0.25) is 0 Å². The van der Waals surface area contributed by atoms with Gasteiger partial charge in [-0.25, -0.2) is 0 Å². The summed E-state index contributed by atoms with van der Waals surface area (Å²) in [7, 11) is 1.75. The van der Waals surface area contributed by atoms with Gasteiger partial charge in [-0.2, -0.15) is 0 Å². The van der Waals surface area contributed by atoms with E-state index >= 15 is 0 Å². The first-order chi connectivity index (χ1) is 8.22. The van der Waals surface area contributed by atoms with Crippen LogP contribution >= 0.6 is 0 Å². The highest BCUT2D eigenvalue weighted by Gasteiger charge is 2.14. The van der Waals surface area contributed by atoms with Gasteiger partial charge in [0.15, 0.2) is 0 Å². The van der Waals surface area contributed by atoms with Gasteiger partial charge >= 0.3 is 0 Å². The molecule has 0 radical (unpaired) electrons. The summed E-state index contributed by atoms with van der Waals surface area (Å²) in [6.45, 7) is 7.61. The van der Waals surface area contributed by atoms with E-state index in [4.69, 9.17) is 4.74 Å². The average Bonchev–Trinajstić information content (AvgIpc) is 2.34. The molecule has 96 valence electrons. The fourth-order valence-electron chi connectivity index (χ4n) is 2.10. The Balaban J connectivity index is 2.93. The number of rotatable bonds is 7. The third-order valence-electron chi connectivity index (χ3n) is 2.98. The van der Waals surface area contributed by atoms with Crippen molar-refractivity contribution in [3.63, 3.8) is 0 Å². The van der Waals surface area contributed by atoms with Crippen LogP contribution in [0, 0.1) is 6.92 Å². The summed E-state index contributed by atoms with van der Waals surface area (Å²) in [4.78, 5) is 0. The molecule has 0 aliphatic rings. The summed E-state index contributed by atoms with van der Waals surface area (Å²) in [5, 5.41) is 3.61. The zero-order valence-electron chi connectivity index (χ0n) is 11.5. The van der Waals surface area contributed by atoms with Crippen molar-refractivity contribution < 1.29 is 4.74 Å². The first kappa shape index (κ1) is 14.0. The van der Waals surface area contributed by atoms with Gasteiger partial charge in [-0.1, -0.05) is 38.0 Å². The second-order valence-corrected chi connectivity index (χ2v) is 4.54. The van der Waals surface area contributed by atoms with Crippen LogP contribution in [-0.2, 0) is 0 Å². The molecule has 0 saturated heterocycles. The molecule has 0 saturated carbocycles. The van der Waals surface area contributed by atoms with Gasteiger partial charge in [0.1, 0.15) is 5.75 Å². The molecule has 1 aromatic carbocycles. The first-order valence-corrected chi connectivity index (χ1v) is 6.60. The molecule has 0 fully saturated rings. The third-order valence-corrected chi connectivity index (χ3v) is 2.98. The van der Waals surface area contributed by atoms with Gasteiger partial charge in [-0.3, -0.25) is 0 Å². The molecular formula is C15H25NO. The average molecular weight is 235 g/mol. The second-order valence-electron chi connectivity index (χ2n) is 4.54. The van der Waals surface area contributed by atoms with Crippen LogP contribution in [0.1, 0.15) is 50.3 Å². The summed E-state index contributed by atoms with van der Waals surface area (Å²) < 4.78 is 5.47. The quantitative estimate of drug-likeness (QED) is 0.775. The molecule has 1 aromatic rings. The Hall–Kier alpha value is -1.02. The summed E-state index contributed by atoms with van der Waals surface area (Å²) in [6, 6.07) is 6.82. The minimum absolute atomic E-state index is 0.412. The molecule has 0 heterocycles. The van der Waals surface area contributed by atoms with E-state index in [1.165, 1.54) is 17.5 Å². The highest BCUT2D eigenvalue weighted by atomic mass is 16.5. The van der Waals surface area contributed by atoms with Crippen LogP contribution < -0.4 is 10.1 Å². The molecule has 1 N–H and O–H groups in total. The first-order valence-electron chi connectivity index (χ1n) is 6.60. The predicted molar refractivity (Wildman–Crippen MR) is 73.7 cm³/mol. The Morgan fingerprint density at radius 3 is 2.59 bits per heavy atom. The fourth-order valence-corrected chi connectivity index (χ4v) is 2.10. The molecule has 0 aliphatic carbocycles. The maximum atomic E-state index is 5.47. The number of hydrogen-bond acceptors (Lipinski definition) is 2. The molecule has 0 spiro atoms. The van der Waals surface area contributed by atoms with Crippen molar-refractivity contribution in [3.05, 3.63) is 29.3 Å². The molecule has 0 bridgehead atoms. The Labute approximate surface area is 105 Å². The number of benzene rings is 1. The van der Waals surface area contributed by atoms with E-state index in [0.29, 0.717) is 6.04 Å². The Morgan fingerprint density at radius 2 is 2.00 bits per heavy atom. The molecule has 0 amide bonds. The number of aryl methyl sites for hydroxylation is 1. The van der Waals surface area contributed by atoms with Crippen LogP contribution in [0.25, 0.3) is 0 Å². The molecule has 0 aliphatic heterocycles. The van der Waals surface area contributed by atoms with Gasteiger partial charge < -0.3 is 10.1 Å². The fraction of sp³-hybridized carbons (Fsp3) is 0.600. The predicted octanol–water partition coefficient (Wildman–Crippen LogP) is 3.84. The van der Waals surface area contributed by atoms with Crippen molar-refractivity contribution in [2.75, 3.05) is 13.7 Å². The number of nitrogens with one attached hydrogen (secondary N) is 1. The minimum Gasteiger partial charge on any atom is -0.496 e. The Bertz CT molecular complexity index is 336. The molecule has 2 heteroatoms. The Kier molecular flexibility index (Phi) is 6.06. The van der Waals surface area contributed by atoms with E-state index < -0.39 is 0 Å². The van der Waals surface area contributed by atoms with Crippen LogP contribution in [0.5, 0.6) is 5.75 Å². The normalized spacial score (nSPS) is 12.5. The zero-order chi connectivity index (χ0) is 12.7. The van der Waals surface area contributed by atoms with Gasteiger partial charge in [0.2, 0.25) is 0 Å². The van der Waals surface area contributed by atoms with Crippen molar-refractivity contribution in [1.29, 1.82) is 0 Å². The molecular weight excluding hydrogens is 210 g/mol. The molecule has 1 atom stereocenters.